The number of nitrogens with zero attached hydrogens (tertiary/aromatic N) is 3. The molecule has 1 saturated heterocycles. The summed E-state index contributed by atoms with van der Waals surface area (Å²) in [6.45, 7) is 7.06. The maximum Gasteiger partial charge on any atom is 0.321 e. The third-order valence-electron chi connectivity index (χ3n) is 4.15. The summed E-state index contributed by atoms with van der Waals surface area (Å²) in [7, 11) is 0. The number of carbonyl (C=O) groups is 1. The van der Waals surface area contributed by atoms with Gasteiger partial charge in [0.1, 0.15) is 5.82 Å². The summed E-state index contributed by atoms with van der Waals surface area (Å²) in [5.41, 5.74) is 3.30. The van der Waals surface area contributed by atoms with Crippen molar-refractivity contribution < 1.29 is 10.6 Å². The molecule has 1 aromatic heterocycles. The fraction of sp³-hybridized carbons (Fsp3) is 0.316. The summed E-state index contributed by atoms with van der Waals surface area (Å²) in [6.07, 6.45) is 6.11. The molecule has 5 nitrogen and oxygen atoms in total. The van der Waals surface area contributed by atoms with Gasteiger partial charge in [-0.15, -0.1) is 0 Å². The monoisotopic (exact) mass is 342 g/mol. The molecular formula is C19H23FN4O. The van der Waals surface area contributed by atoms with Crippen LogP contribution in [0.5, 0.6) is 0 Å². The number of amides is 2. The van der Waals surface area contributed by atoms with Crippen LogP contribution in [0.25, 0.3) is 11.1 Å². The number of aromatic nitrogens is 1. The number of likely N-dealkylation sites (tertiary alicyclic amines) is 1. The first-order valence-corrected chi connectivity index (χ1v) is 8.17. The van der Waals surface area contributed by atoms with Gasteiger partial charge in [0.2, 0.25) is 0 Å². The first-order valence-electron chi connectivity index (χ1n) is 8.17. The Labute approximate surface area is 148 Å². The van der Waals surface area contributed by atoms with Crippen molar-refractivity contribution in [1.29, 1.82) is 5.26 Å². The fourth-order valence-corrected chi connectivity index (χ4v) is 2.87. The number of rotatable bonds is 2. The van der Waals surface area contributed by atoms with Gasteiger partial charge in [0.05, 0.1) is 6.20 Å². The molecule has 1 fully saturated rings. The van der Waals surface area contributed by atoms with E-state index in [2.05, 4.69) is 16.9 Å². The van der Waals surface area contributed by atoms with E-state index in [4.69, 9.17) is 5.26 Å². The molecule has 0 radical (unpaired) electrons. The van der Waals surface area contributed by atoms with Crippen LogP contribution >= 0.6 is 0 Å². The lowest BCUT2D eigenvalue weighted by molar-refractivity contribution is 0.200. The van der Waals surface area contributed by atoms with Gasteiger partial charge in [-0.05, 0) is 55.5 Å². The van der Waals surface area contributed by atoms with Crippen molar-refractivity contribution in [3.8, 4) is 17.7 Å². The Morgan fingerprint density at radius 1 is 1.24 bits per heavy atom. The number of carbonyl (C=O) groups excluding carboxylic acids is 1. The lowest BCUT2D eigenvalue weighted by Gasteiger charge is -2.27. The smallest absolute Gasteiger partial charge is 0.321 e. The van der Waals surface area contributed by atoms with Crippen molar-refractivity contribution in [1.82, 2.24) is 9.88 Å². The number of nitrogens with one attached hydrogen (secondary N) is 1. The van der Waals surface area contributed by atoms with Crippen molar-refractivity contribution in [3.05, 3.63) is 48.0 Å². The SMILES string of the molecule is C#N.Cc1ccc(NC(=O)N2CCCCC2)cc1-c1cncc(F)c1.[HH]. The zero-order valence-electron chi connectivity index (χ0n) is 14.2. The molecule has 0 saturated carbocycles. The zero-order valence-corrected chi connectivity index (χ0v) is 14.2. The van der Waals surface area contributed by atoms with E-state index in [1.165, 1.54) is 18.7 Å². The lowest BCUT2D eigenvalue weighted by Crippen LogP contribution is -2.38. The highest BCUT2D eigenvalue weighted by molar-refractivity contribution is 5.90. The highest BCUT2D eigenvalue weighted by atomic mass is 19.1. The molecule has 6 heteroatoms. The minimum absolute atomic E-state index is 0. The van der Waals surface area contributed by atoms with Crippen LogP contribution in [-0.2, 0) is 0 Å². The number of benzene rings is 1. The molecule has 2 heterocycles. The van der Waals surface area contributed by atoms with Crippen LogP contribution in [0.1, 0.15) is 26.3 Å². The number of hydrogen-bond donors (Lipinski definition) is 1. The third-order valence-corrected chi connectivity index (χ3v) is 4.15. The summed E-state index contributed by atoms with van der Waals surface area (Å²) in [4.78, 5) is 18.0. The standard InChI is InChI=1S/C18H20FN3O.CHN.H2/c1-13-5-6-16(21-18(23)22-7-3-2-4-8-22)10-17(13)14-9-15(19)12-20-11-14;1-2;/h5-6,9-12H,2-4,7-8H2,1H3,(H,21,23);1H;1H. The van der Waals surface area contributed by atoms with Crippen molar-refractivity contribution in [2.45, 2.75) is 26.2 Å². The molecule has 1 aliphatic rings. The molecule has 25 heavy (non-hydrogen) atoms. The van der Waals surface area contributed by atoms with E-state index in [1.807, 2.05) is 30.0 Å². The molecule has 2 aromatic rings. The number of hydrogen-bond acceptors (Lipinski definition) is 3. The maximum absolute atomic E-state index is 13.4. The Kier molecular flexibility index (Phi) is 6.47. The minimum atomic E-state index is -0.371. The van der Waals surface area contributed by atoms with E-state index in [0.717, 1.165) is 37.1 Å². The molecule has 132 valence electrons. The predicted octanol–water partition coefficient (Wildman–Crippen LogP) is 4.60. The van der Waals surface area contributed by atoms with Gasteiger partial charge in [0.15, 0.2) is 0 Å². The highest BCUT2D eigenvalue weighted by Crippen LogP contribution is 2.26. The molecule has 1 N–H and O–H groups in total. The average molecular weight is 342 g/mol. The largest absolute Gasteiger partial charge is 0.325 e. The van der Waals surface area contributed by atoms with E-state index in [0.29, 0.717) is 11.3 Å². The van der Waals surface area contributed by atoms with Crippen molar-refractivity contribution >= 4 is 11.7 Å². The molecule has 0 bridgehead atoms. The average Bonchev–Trinajstić information content (AvgIpc) is 2.65. The van der Waals surface area contributed by atoms with Crippen LogP contribution in [0.3, 0.4) is 0 Å². The van der Waals surface area contributed by atoms with Gasteiger partial charge in [-0.2, -0.15) is 0 Å². The molecular weight excluding hydrogens is 319 g/mol. The van der Waals surface area contributed by atoms with Gasteiger partial charge >= 0.3 is 6.03 Å². The number of urea groups is 1. The fourth-order valence-electron chi connectivity index (χ4n) is 2.87. The van der Waals surface area contributed by atoms with Crippen LogP contribution in [0, 0.1) is 24.6 Å². The quantitative estimate of drug-likeness (QED) is 0.867. The van der Waals surface area contributed by atoms with Crippen molar-refractivity contribution in [2.75, 3.05) is 18.4 Å². The molecule has 1 aliphatic heterocycles. The first kappa shape index (κ1) is 18.4. The summed E-state index contributed by atoms with van der Waals surface area (Å²) in [5.74, 6) is -0.371. The Balaban J connectivity index is 0.00000109. The van der Waals surface area contributed by atoms with Gasteiger partial charge in [0.25, 0.3) is 0 Å². The van der Waals surface area contributed by atoms with Crippen molar-refractivity contribution in [2.24, 2.45) is 0 Å². The number of aryl methyl sites for hydroxylation is 1. The van der Waals surface area contributed by atoms with Crippen molar-refractivity contribution in [3.63, 3.8) is 0 Å². The number of nitriles is 1. The van der Waals surface area contributed by atoms with Gasteiger partial charge in [-0.3, -0.25) is 4.98 Å². The van der Waals surface area contributed by atoms with Crippen LogP contribution in [0.2, 0.25) is 0 Å². The maximum atomic E-state index is 13.4. The number of pyridine rings is 1. The van der Waals surface area contributed by atoms with E-state index in [1.54, 1.807) is 6.20 Å². The molecule has 3 rings (SSSR count). The van der Waals surface area contributed by atoms with E-state index < -0.39 is 0 Å². The molecule has 2 amide bonds. The molecule has 0 aliphatic carbocycles. The summed E-state index contributed by atoms with van der Waals surface area (Å²) >= 11 is 0. The summed E-state index contributed by atoms with van der Waals surface area (Å²) in [5, 5.41) is 9.44. The Bertz CT molecular complexity index is 760. The second-order valence-electron chi connectivity index (χ2n) is 5.90. The Hall–Kier alpha value is -2.94. The molecule has 0 unspecified atom stereocenters. The summed E-state index contributed by atoms with van der Waals surface area (Å²) < 4.78 is 13.4. The number of piperidine rings is 1. The first-order chi connectivity index (χ1) is 12.1. The topological polar surface area (TPSA) is 69.0 Å². The van der Waals surface area contributed by atoms with Gasteiger partial charge in [-0.1, -0.05) is 6.07 Å². The predicted molar refractivity (Wildman–Crippen MR) is 97.6 cm³/mol. The third kappa shape index (κ3) is 4.77. The van der Waals surface area contributed by atoms with E-state index in [9.17, 15) is 9.18 Å². The second-order valence-corrected chi connectivity index (χ2v) is 5.90. The normalized spacial score (nSPS) is 13.5. The van der Waals surface area contributed by atoms with Crippen LogP contribution in [0.15, 0.2) is 36.7 Å². The minimum Gasteiger partial charge on any atom is -0.325 e. The van der Waals surface area contributed by atoms with Gasteiger partial charge < -0.3 is 10.2 Å². The van der Waals surface area contributed by atoms with Crippen LogP contribution < -0.4 is 5.32 Å². The van der Waals surface area contributed by atoms with Gasteiger partial charge in [-0.25, -0.2) is 14.4 Å². The lowest BCUT2D eigenvalue weighted by atomic mass is 10.0. The van der Waals surface area contributed by atoms with Gasteiger partial charge in [0, 0.05) is 38.5 Å². The number of halogens is 1. The Morgan fingerprint density at radius 3 is 2.64 bits per heavy atom. The van der Waals surface area contributed by atoms with Crippen LogP contribution in [0.4, 0.5) is 14.9 Å². The molecule has 0 atom stereocenters. The number of anilines is 1. The van der Waals surface area contributed by atoms with Crippen LogP contribution in [-0.4, -0.2) is 29.0 Å². The Morgan fingerprint density at radius 2 is 1.96 bits per heavy atom. The molecule has 1 aromatic carbocycles. The highest BCUT2D eigenvalue weighted by Gasteiger charge is 2.16. The second kappa shape index (κ2) is 8.78. The molecule has 0 spiro atoms. The van der Waals surface area contributed by atoms with E-state index in [-0.39, 0.29) is 13.3 Å². The summed E-state index contributed by atoms with van der Waals surface area (Å²) in [6, 6.07) is 7.04. The zero-order chi connectivity index (χ0) is 18.2. The van der Waals surface area contributed by atoms with E-state index >= 15 is 0 Å².